The van der Waals surface area contributed by atoms with E-state index in [1.165, 1.54) is 31.4 Å². The van der Waals surface area contributed by atoms with Gasteiger partial charge in [-0.3, -0.25) is 9.59 Å². The molecule has 1 aromatic carbocycles. The minimum absolute atomic E-state index is 0.0416. The molecule has 7 nitrogen and oxygen atoms in total. The largest absolute Gasteiger partial charge is 0.478 e. The van der Waals surface area contributed by atoms with Gasteiger partial charge in [0.15, 0.2) is 0 Å². The van der Waals surface area contributed by atoms with Gasteiger partial charge in [0.25, 0.3) is 5.91 Å². The maximum absolute atomic E-state index is 11.8. The Labute approximate surface area is 122 Å². The molecule has 21 heavy (non-hydrogen) atoms. The Morgan fingerprint density at radius 3 is 2.52 bits per heavy atom. The van der Waals surface area contributed by atoms with E-state index < -0.39 is 11.9 Å². The van der Waals surface area contributed by atoms with Crippen LogP contribution in [0.1, 0.15) is 27.1 Å². The molecule has 7 heteroatoms. The van der Waals surface area contributed by atoms with Gasteiger partial charge < -0.3 is 20.5 Å². The number of carboxylic acid groups (broad SMARTS) is 1. The first-order valence-electron chi connectivity index (χ1n) is 6.41. The van der Waals surface area contributed by atoms with Crippen LogP contribution in [0.5, 0.6) is 0 Å². The number of nitrogens with one attached hydrogen (secondary N) is 2. The molecule has 3 N–H and O–H groups in total. The van der Waals surface area contributed by atoms with Crippen LogP contribution in [0, 0.1) is 0 Å². The number of hydrogen-bond acceptors (Lipinski definition) is 4. The van der Waals surface area contributed by atoms with Gasteiger partial charge in [0.1, 0.15) is 0 Å². The van der Waals surface area contributed by atoms with Gasteiger partial charge in [-0.25, -0.2) is 4.79 Å². The fourth-order valence-electron chi connectivity index (χ4n) is 1.57. The highest BCUT2D eigenvalue weighted by atomic mass is 16.5. The van der Waals surface area contributed by atoms with E-state index in [1.54, 1.807) is 0 Å². The highest BCUT2D eigenvalue weighted by molar-refractivity contribution is 5.97. The quantitative estimate of drug-likeness (QED) is 0.597. The molecule has 1 rings (SSSR count). The molecular weight excluding hydrogens is 276 g/mol. The molecule has 0 fully saturated rings. The summed E-state index contributed by atoms with van der Waals surface area (Å²) in [6.07, 6.45) is 0.147. The first-order valence-corrected chi connectivity index (χ1v) is 6.41. The number of rotatable bonds is 8. The molecule has 0 aliphatic carbocycles. The fraction of sp³-hybridized carbons (Fsp3) is 0.357. The van der Waals surface area contributed by atoms with Crippen LogP contribution < -0.4 is 10.6 Å². The first kappa shape index (κ1) is 16.6. The third kappa shape index (κ3) is 6.05. The average molecular weight is 294 g/mol. The van der Waals surface area contributed by atoms with Gasteiger partial charge >= 0.3 is 5.97 Å². The molecule has 0 aromatic heterocycles. The minimum atomic E-state index is -1.10. The number of carbonyl (C=O) groups excluding carboxylic acids is 2. The lowest BCUT2D eigenvalue weighted by atomic mass is 10.1. The van der Waals surface area contributed by atoms with Crippen molar-refractivity contribution in [3.05, 3.63) is 35.4 Å². The van der Waals surface area contributed by atoms with Crippen molar-refractivity contribution in [3.63, 3.8) is 0 Å². The number of aromatic carboxylic acids is 1. The van der Waals surface area contributed by atoms with Crippen LogP contribution in [0.15, 0.2) is 24.3 Å². The first-order chi connectivity index (χ1) is 10.0. The summed E-state index contributed by atoms with van der Waals surface area (Å²) in [5.74, 6) is -1.70. The zero-order chi connectivity index (χ0) is 15.7. The number of benzene rings is 1. The lowest BCUT2D eigenvalue weighted by molar-refractivity contribution is -0.121. The average Bonchev–Trinajstić information content (AvgIpc) is 2.47. The van der Waals surface area contributed by atoms with E-state index in [4.69, 9.17) is 9.84 Å². The van der Waals surface area contributed by atoms with E-state index >= 15 is 0 Å². The van der Waals surface area contributed by atoms with Crippen LogP contribution in [0.3, 0.4) is 0 Å². The van der Waals surface area contributed by atoms with Gasteiger partial charge in [0, 0.05) is 32.2 Å². The van der Waals surface area contributed by atoms with Crippen molar-refractivity contribution in [2.75, 3.05) is 26.8 Å². The summed E-state index contributed by atoms with van der Waals surface area (Å²) in [6, 6.07) is 5.70. The maximum atomic E-state index is 11.8. The summed E-state index contributed by atoms with van der Waals surface area (Å²) >= 11 is 0. The van der Waals surface area contributed by atoms with Crippen molar-refractivity contribution in [3.8, 4) is 0 Å². The summed E-state index contributed by atoms with van der Waals surface area (Å²) in [5.41, 5.74) is 0.287. The Morgan fingerprint density at radius 2 is 1.86 bits per heavy atom. The SMILES string of the molecule is COCCNC(=O)CCNC(=O)c1cccc(C(=O)O)c1. The van der Waals surface area contributed by atoms with E-state index in [0.29, 0.717) is 13.2 Å². The summed E-state index contributed by atoms with van der Waals surface area (Å²) in [7, 11) is 1.54. The summed E-state index contributed by atoms with van der Waals surface area (Å²) in [6.45, 7) is 1.03. The Hall–Kier alpha value is -2.41. The van der Waals surface area contributed by atoms with E-state index in [1.807, 2.05) is 0 Å². The molecule has 0 aliphatic heterocycles. The van der Waals surface area contributed by atoms with Crippen LogP contribution in [0.25, 0.3) is 0 Å². The third-order valence-corrected chi connectivity index (χ3v) is 2.64. The molecule has 114 valence electrons. The molecule has 0 aliphatic rings. The van der Waals surface area contributed by atoms with Crippen LogP contribution in [-0.2, 0) is 9.53 Å². The Balaban J connectivity index is 2.38. The van der Waals surface area contributed by atoms with Crippen LogP contribution in [0.2, 0.25) is 0 Å². The molecule has 0 unspecified atom stereocenters. The van der Waals surface area contributed by atoms with Crippen LogP contribution in [-0.4, -0.2) is 49.7 Å². The van der Waals surface area contributed by atoms with Crippen molar-refractivity contribution < 1.29 is 24.2 Å². The minimum Gasteiger partial charge on any atom is -0.478 e. The van der Waals surface area contributed by atoms with Gasteiger partial charge in [0.05, 0.1) is 12.2 Å². The third-order valence-electron chi connectivity index (χ3n) is 2.64. The molecule has 0 spiro atoms. The lowest BCUT2D eigenvalue weighted by Crippen LogP contribution is -2.32. The predicted octanol–water partition coefficient (Wildman–Crippen LogP) is 0.267. The lowest BCUT2D eigenvalue weighted by Gasteiger charge is -2.07. The second-order valence-corrected chi connectivity index (χ2v) is 4.23. The zero-order valence-electron chi connectivity index (χ0n) is 11.7. The Morgan fingerprint density at radius 1 is 1.14 bits per heavy atom. The Kier molecular flexibility index (Phi) is 6.90. The van der Waals surface area contributed by atoms with Gasteiger partial charge in [0.2, 0.25) is 5.91 Å². The fourth-order valence-corrected chi connectivity index (χ4v) is 1.57. The number of carbonyl (C=O) groups is 3. The van der Waals surface area contributed by atoms with Crippen molar-refractivity contribution in [2.24, 2.45) is 0 Å². The summed E-state index contributed by atoms with van der Waals surface area (Å²) < 4.78 is 4.79. The smallest absolute Gasteiger partial charge is 0.335 e. The predicted molar refractivity (Wildman–Crippen MR) is 75.2 cm³/mol. The standard InChI is InChI=1S/C14H18N2O5/c1-21-8-7-15-12(17)5-6-16-13(18)10-3-2-4-11(9-10)14(19)20/h2-4,9H,5-8H2,1H3,(H,15,17)(H,16,18)(H,19,20). The van der Waals surface area contributed by atoms with E-state index in [2.05, 4.69) is 10.6 Å². The highest BCUT2D eigenvalue weighted by Crippen LogP contribution is 2.05. The maximum Gasteiger partial charge on any atom is 0.335 e. The highest BCUT2D eigenvalue weighted by Gasteiger charge is 2.09. The van der Waals surface area contributed by atoms with Gasteiger partial charge in [-0.05, 0) is 18.2 Å². The number of carboxylic acids is 1. The van der Waals surface area contributed by atoms with E-state index in [-0.39, 0.29) is 30.0 Å². The molecule has 0 atom stereocenters. The second-order valence-electron chi connectivity index (χ2n) is 4.23. The number of hydrogen-bond donors (Lipinski definition) is 3. The number of methoxy groups -OCH3 is 1. The zero-order valence-corrected chi connectivity index (χ0v) is 11.7. The van der Waals surface area contributed by atoms with Crippen molar-refractivity contribution >= 4 is 17.8 Å². The normalized spacial score (nSPS) is 9.95. The van der Waals surface area contributed by atoms with Gasteiger partial charge in [-0.1, -0.05) is 6.07 Å². The summed E-state index contributed by atoms with van der Waals surface area (Å²) in [5, 5.41) is 14.0. The van der Waals surface area contributed by atoms with Crippen LogP contribution >= 0.6 is 0 Å². The molecule has 1 aromatic rings. The van der Waals surface area contributed by atoms with Crippen molar-refractivity contribution in [1.82, 2.24) is 10.6 Å². The van der Waals surface area contributed by atoms with Gasteiger partial charge in [-0.15, -0.1) is 0 Å². The van der Waals surface area contributed by atoms with E-state index in [9.17, 15) is 14.4 Å². The van der Waals surface area contributed by atoms with Crippen LogP contribution in [0.4, 0.5) is 0 Å². The number of amides is 2. The molecule has 0 bridgehead atoms. The Bertz CT molecular complexity index is 516. The van der Waals surface area contributed by atoms with Crippen molar-refractivity contribution in [2.45, 2.75) is 6.42 Å². The molecular formula is C14H18N2O5. The molecule has 2 amide bonds. The van der Waals surface area contributed by atoms with Gasteiger partial charge in [-0.2, -0.15) is 0 Å². The summed E-state index contributed by atoms with van der Waals surface area (Å²) in [4.78, 5) is 34.0. The topological polar surface area (TPSA) is 105 Å². The second kappa shape index (κ2) is 8.70. The molecule has 0 saturated carbocycles. The van der Waals surface area contributed by atoms with E-state index in [0.717, 1.165) is 0 Å². The molecule has 0 saturated heterocycles. The number of ether oxygens (including phenoxy) is 1. The van der Waals surface area contributed by atoms with Crippen molar-refractivity contribution in [1.29, 1.82) is 0 Å². The molecule has 0 heterocycles. The molecule has 0 radical (unpaired) electrons. The monoisotopic (exact) mass is 294 g/mol.